The molecule has 0 radical (unpaired) electrons. The molecule has 2 aromatic carbocycles. The average Bonchev–Trinajstić information content (AvgIpc) is 3.20. The van der Waals surface area contributed by atoms with E-state index in [0.717, 1.165) is 11.1 Å². The maximum atomic E-state index is 11.9. The van der Waals surface area contributed by atoms with Crippen molar-refractivity contribution >= 4 is 23.6 Å². The van der Waals surface area contributed by atoms with Crippen LogP contribution in [0.3, 0.4) is 0 Å². The maximum Gasteiger partial charge on any atom is 0.331 e. The minimum atomic E-state index is -0.496. The number of halogens is 1. The smallest absolute Gasteiger partial charge is 0.331 e. The number of nitrogens with zero attached hydrogens (tertiary/aromatic N) is 1. The Kier molecular flexibility index (Phi) is 5.30. The first-order valence-electron chi connectivity index (χ1n) is 8.64. The van der Waals surface area contributed by atoms with Crippen LogP contribution < -0.4 is 9.47 Å². The van der Waals surface area contributed by atoms with Gasteiger partial charge < -0.3 is 18.7 Å². The summed E-state index contributed by atoms with van der Waals surface area (Å²) in [5.74, 6) is 1.42. The van der Waals surface area contributed by atoms with E-state index < -0.39 is 5.97 Å². The number of fused-ring (bicyclic) bond motifs is 1. The SMILES string of the molecule is O=C(/C=C/c1ccccc1Cl)OCc1cc(-c2ccc3c(c2)OCCO3)on1. The van der Waals surface area contributed by atoms with E-state index in [1.807, 2.05) is 36.4 Å². The quantitative estimate of drug-likeness (QED) is 0.465. The van der Waals surface area contributed by atoms with Crippen molar-refractivity contribution in [2.24, 2.45) is 0 Å². The van der Waals surface area contributed by atoms with Crippen LogP contribution in [0.4, 0.5) is 0 Å². The van der Waals surface area contributed by atoms with Gasteiger partial charge in [-0.1, -0.05) is 35.0 Å². The summed E-state index contributed by atoms with van der Waals surface area (Å²) < 4.78 is 21.6. The van der Waals surface area contributed by atoms with Crippen molar-refractivity contribution in [2.75, 3.05) is 13.2 Å². The molecule has 0 spiro atoms. The van der Waals surface area contributed by atoms with Gasteiger partial charge in [-0.3, -0.25) is 0 Å². The number of esters is 1. The van der Waals surface area contributed by atoms with E-state index >= 15 is 0 Å². The lowest BCUT2D eigenvalue weighted by Gasteiger charge is -2.18. The molecule has 0 atom stereocenters. The third-order valence-corrected chi connectivity index (χ3v) is 4.40. The summed E-state index contributed by atoms with van der Waals surface area (Å²) in [6.07, 6.45) is 2.93. The van der Waals surface area contributed by atoms with Crippen molar-refractivity contribution < 1.29 is 23.5 Å². The summed E-state index contributed by atoms with van der Waals surface area (Å²) in [7, 11) is 0. The molecule has 1 aliphatic rings. The standard InChI is InChI=1S/C21H16ClNO5/c22-17-4-2-1-3-14(17)6-8-21(24)27-13-16-12-19(28-23-16)15-5-7-18-20(11-15)26-10-9-25-18/h1-8,11-12H,9-10,13H2/b8-6+. The van der Waals surface area contributed by atoms with Gasteiger partial charge in [0, 0.05) is 22.7 Å². The average molecular weight is 398 g/mol. The fourth-order valence-corrected chi connectivity index (χ4v) is 2.87. The minimum Gasteiger partial charge on any atom is -0.486 e. The third kappa shape index (κ3) is 4.18. The molecule has 7 heteroatoms. The topological polar surface area (TPSA) is 70.8 Å². The van der Waals surface area contributed by atoms with Gasteiger partial charge >= 0.3 is 5.97 Å². The van der Waals surface area contributed by atoms with Crippen molar-refractivity contribution in [3.63, 3.8) is 0 Å². The molecule has 0 bridgehead atoms. The van der Waals surface area contributed by atoms with Gasteiger partial charge in [-0.25, -0.2) is 4.79 Å². The molecule has 0 N–H and O–H groups in total. The Morgan fingerprint density at radius 1 is 1.11 bits per heavy atom. The molecular formula is C21H16ClNO5. The molecule has 28 heavy (non-hydrogen) atoms. The normalized spacial score (nSPS) is 12.9. The van der Waals surface area contributed by atoms with E-state index in [1.165, 1.54) is 6.08 Å². The summed E-state index contributed by atoms with van der Waals surface area (Å²) in [5.41, 5.74) is 2.04. The summed E-state index contributed by atoms with van der Waals surface area (Å²) in [4.78, 5) is 11.9. The molecule has 0 aliphatic carbocycles. The monoisotopic (exact) mass is 397 g/mol. The highest BCUT2D eigenvalue weighted by Gasteiger charge is 2.15. The lowest BCUT2D eigenvalue weighted by atomic mass is 10.1. The van der Waals surface area contributed by atoms with Crippen LogP contribution in [0, 0.1) is 0 Å². The first-order valence-corrected chi connectivity index (χ1v) is 9.02. The molecule has 2 heterocycles. The first kappa shape index (κ1) is 18.1. The van der Waals surface area contributed by atoms with E-state index in [2.05, 4.69) is 5.16 Å². The van der Waals surface area contributed by atoms with Crippen molar-refractivity contribution in [2.45, 2.75) is 6.61 Å². The minimum absolute atomic E-state index is 0.000251. The Morgan fingerprint density at radius 3 is 2.79 bits per heavy atom. The second-order valence-electron chi connectivity index (χ2n) is 6.00. The van der Waals surface area contributed by atoms with Gasteiger partial charge in [0.15, 0.2) is 17.3 Å². The third-order valence-electron chi connectivity index (χ3n) is 4.05. The Bertz CT molecular complexity index is 1030. The van der Waals surface area contributed by atoms with Crippen LogP contribution in [0.2, 0.25) is 5.02 Å². The van der Waals surface area contributed by atoms with Crippen molar-refractivity contribution in [1.82, 2.24) is 5.16 Å². The predicted molar refractivity (Wildman–Crippen MR) is 103 cm³/mol. The lowest BCUT2D eigenvalue weighted by Crippen LogP contribution is -2.15. The number of aromatic nitrogens is 1. The summed E-state index contributed by atoms with van der Waals surface area (Å²) in [6.45, 7) is 1.05. The van der Waals surface area contributed by atoms with Gasteiger partial charge in [-0.15, -0.1) is 0 Å². The number of hydrogen-bond donors (Lipinski definition) is 0. The zero-order valence-corrected chi connectivity index (χ0v) is 15.5. The zero-order valence-electron chi connectivity index (χ0n) is 14.8. The molecule has 0 amide bonds. The molecule has 0 unspecified atom stereocenters. The fourth-order valence-electron chi connectivity index (χ4n) is 2.67. The number of ether oxygens (including phenoxy) is 3. The van der Waals surface area contributed by atoms with Crippen molar-refractivity contribution in [1.29, 1.82) is 0 Å². The molecule has 0 fully saturated rings. The Hall–Kier alpha value is -3.25. The summed E-state index contributed by atoms with van der Waals surface area (Å²) >= 11 is 6.04. The first-order chi connectivity index (χ1) is 13.7. The largest absolute Gasteiger partial charge is 0.486 e. The second-order valence-corrected chi connectivity index (χ2v) is 6.41. The van der Waals surface area contributed by atoms with Gasteiger partial charge in [0.2, 0.25) is 0 Å². The molecule has 1 aliphatic heterocycles. The molecule has 6 nitrogen and oxygen atoms in total. The predicted octanol–water partition coefficient (Wildman–Crippen LogP) is 4.52. The van der Waals surface area contributed by atoms with E-state index in [9.17, 15) is 4.79 Å². The van der Waals surface area contributed by atoms with Gasteiger partial charge in [-0.2, -0.15) is 0 Å². The van der Waals surface area contributed by atoms with Crippen LogP contribution in [0.25, 0.3) is 17.4 Å². The molecule has 3 aromatic rings. The Balaban J connectivity index is 1.37. The molecule has 142 valence electrons. The van der Waals surface area contributed by atoms with Crippen LogP contribution in [0.1, 0.15) is 11.3 Å². The van der Waals surface area contributed by atoms with E-state index in [4.69, 9.17) is 30.3 Å². The molecule has 0 saturated carbocycles. The molecule has 4 rings (SSSR count). The van der Waals surface area contributed by atoms with Crippen LogP contribution in [0.5, 0.6) is 11.5 Å². The van der Waals surface area contributed by atoms with Gasteiger partial charge in [0.1, 0.15) is 25.5 Å². The fraction of sp³-hybridized carbons (Fsp3) is 0.143. The lowest BCUT2D eigenvalue weighted by molar-refractivity contribution is -0.139. The molecular weight excluding hydrogens is 382 g/mol. The number of carbonyl (C=O) groups excluding carboxylic acids is 1. The van der Waals surface area contributed by atoms with E-state index in [1.54, 1.807) is 18.2 Å². The Labute approximate surface area is 166 Å². The van der Waals surface area contributed by atoms with Crippen LogP contribution >= 0.6 is 11.6 Å². The van der Waals surface area contributed by atoms with Crippen LogP contribution in [0.15, 0.2) is 59.1 Å². The highest BCUT2D eigenvalue weighted by Crippen LogP contribution is 2.34. The number of rotatable bonds is 5. The van der Waals surface area contributed by atoms with Gasteiger partial charge in [0.25, 0.3) is 0 Å². The highest BCUT2D eigenvalue weighted by molar-refractivity contribution is 6.32. The van der Waals surface area contributed by atoms with Crippen molar-refractivity contribution in [3.8, 4) is 22.8 Å². The number of benzene rings is 2. The van der Waals surface area contributed by atoms with Crippen LogP contribution in [-0.4, -0.2) is 24.3 Å². The van der Waals surface area contributed by atoms with Crippen molar-refractivity contribution in [3.05, 3.63) is 70.9 Å². The Morgan fingerprint density at radius 2 is 1.93 bits per heavy atom. The van der Waals surface area contributed by atoms with E-state index in [0.29, 0.717) is 41.2 Å². The maximum absolute atomic E-state index is 11.9. The number of hydrogen-bond acceptors (Lipinski definition) is 6. The van der Waals surface area contributed by atoms with E-state index in [-0.39, 0.29) is 6.61 Å². The highest BCUT2D eigenvalue weighted by atomic mass is 35.5. The summed E-state index contributed by atoms with van der Waals surface area (Å²) in [6, 6.07) is 14.5. The molecule has 0 saturated heterocycles. The second kappa shape index (κ2) is 8.19. The number of carbonyl (C=O) groups is 1. The van der Waals surface area contributed by atoms with Gasteiger partial charge in [0.05, 0.1) is 0 Å². The molecule has 1 aromatic heterocycles. The van der Waals surface area contributed by atoms with Gasteiger partial charge in [-0.05, 0) is 35.9 Å². The summed E-state index contributed by atoms with van der Waals surface area (Å²) in [5, 5.41) is 4.50. The zero-order chi connectivity index (χ0) is 19.3. The van der Waals surface area contributed by atoms with Crippen LogP contribution in [-0.2, 0) is 16.1 Å².